The van der Waals surface area contributed by atoms with Gasteiger partial charge in [-0.3, -0.25) is 9.78 Å². The number of hydrogen-bond donors (Lipinski definition) is 0. The van der Waals surface area contributed by atoms with Gasteiger partial charge in [0.1, 0.15) is 17.7 Å². The van der Waals surface area contributed by atoms with Crippen LogP contribution in [0.15, 0.2) is 42.7 Å². The molecule has 6 heteroatoms. The summed E-state index contributed by atoms with van der Waals surface area (Å²) in [6.45, 7) is 3.08. The van der Waals surface area contributed by atoms with Crippen molar-refractivity contribution < 1.29 is 13.9 Å². The highest BCUT2D eigenvalue weighted by molar-refractivity contribution is 8.01. The van der Waals surface area contributed by atoms with Crippen LogP contribution in [-0.4, -0.2) is 45.5 Å². The maximum atomic E-state index is 13.7. The molecule has 2 aliphatic rings. The van der Waals surface area contributed by atoms with Crippen LogP contribution in [0.2, 0.25) is 0 Å². The second-order valence-corrected chi connectivity index (χ2v) is 8.24. The first kappa shape index (κ1) is 16.4. The summed E-state index contributed by atoms with van der Waals surface area (Å²) in [6.07, 6.45) is 4.50. The van der Waals surface area contributed by atoms with Crippen LogP contribution in [0.4, 0.5) is 4.39 Å². The lowest BCUT2D eigenvalue weighted by molar-refractivity contribution is 0.0517. The van der Waals surface area contributed by atoms with Crippen LogP contribution in [0.25, 0.3) is 0 Å². The molecule has 0 unspecified atom stereocenters. The SMILES string of the molecule is Cc1ccc(C(=O)N2CC3(C[C@H](Oc4cccnc4)CS3)C2)cc1F. The van der Waals surface area contributed by atoms with Crippen molar-refractivity contribution in [3.63, 3.8) is 0 Å². The maximum absolute atomic E-state index is 13.7. The van der Waals surface area contributed by atoms with Crippen molar-refractivity contribution in [1.29, 1.82) is 0 Å². The molecule has 2 saturated heterocycles. The second-order valence-electron chi connectivity index (χ2n) is 6.75. The fourth-order valence-corrected chi connectivity index (χ4v) is 4.93. The van der Waals surface area contributed by atoms with Gasteiger partial charge < -0.3 is 9.64 Å². The number of aryl methyl sites for hydroxylation is 1. The van der Waals surface area contributed by atoms with E-state index in [0.717, 1.165) is 17.9 Å². The van der Waals surface area contributed by atoms with Crippen LogP contribution in [0.1, 0.15) is 22.3 Å². The Morgan fingerprint density at radius 3 is 2.96 bits per heavy atom. The van der Waals surface area contributed by atoms with Gasteiger partial charge in [0.25, 0.3) is 5.91 Å². The topological polar surface area (TPSA) is 42.4 Å². The first-order valence-corrected chi connectivity index (χ1v) is 9.29. The van der Waals surface area contributed by atoms with Crippen molar-refractivity contribution in [2.45, 2.75) is 24.2 Å². The molecule has 2 fully saturated rings. The molecule has 1 amide bonds. The largest absolute Gasteiger partial charge is 0.488 e. The summed E-state index contributed by atoms with van der Waals surface area (Å²) in [5.74, 6) is 1.27. The standard InChI is InChI=1S/C19H19FN2O2S/c1-13-4-5-14(7-17(13)20)18(23)22-11-19(12-22)8-16(10-25-19)24-15-3-2-6-21-9-15/h2-7,9,16H,8,10-12H2,1H3/t16-/m0/s1. The molecule has 1 spiro atoms. The van der Waals surface area contributed by atoms with Gasteiger partial charge in [0.05, 0.1) is 10.9 Å². The Hall–Kier alpha value is -2.08. The molecule has 4 nitrogen and oxygen atoms in total. The predicted octanol–water partition coefficient (Wildman–Crippen LogP) is 3.31. The van der Waals surface area contributed by atoms with E-state index in [1.165, 1.54) is 6.07 Å². The van der Waals surface area contributed by atoms with Crippen molar-refractivity contribution in [2.24, 2.45) is 0 Å². The van der Waals surface area contributed by atoms with Crippen LogP contribution in [0.3, 0.4) is 0 Å². The number of hydrogen-bond acceptors (Lipinski definition) is 4. The third-order valence-electron chi connectivity index (χ3n) is 4.78. The van der Waals surface area contributed by atoms with E-state index in [1.54, 1.807) is 36.4 Å². The molecule has 1 aromatic heterocycles. The Kier molecular flexibility index (Phi) is 4.15. The van der Waals surface area contributed by atoms with Gasteiger partial charge in [0, 0.05) is 37.0 Å². The van der Waals surface area contributed by atoms with Gasteiger partial charge in [-0.1, -0.05) is 6.07 Å². The number of aromatic nitrogens is 1. The molecule has 0 bridgehead atoms. The van der Waals surface area contributed by atoms with Crippen LogP contribution < -0.4 is 4.74 Å². The van der Waals surface area contributed by atoms with Gasteiger partial charge in [-0.25, -0.2) is 4.39 Å². The lowest BCUT2D eigenvalue weighted by atomic mass is 9.92. The summed E-state index contributed by atoms with van der Waals surface area (Å²) < 4.78 is 19.7. The molecule has 2 aromatic rings. The zero-order chi connectivity index (χ0) is 17.4. The fraction of sp³-hybridized carbons (Fsp3) is 0.368. The number of rotatable bonds is 3. The molecule has 1 atom stereocenters. The molecule has 0 N–H and O–H groups in total. The Morgan fingerprint density at radius 1 is 1.40 bits per heavy atom. The number of carbonyl (C=O) groups is 1. The zero-order valence-corrected chi connectivity index (χ0v) is 14.8. The second kappa shape index (κ2) is 6.33. The van der Waals surface area contributed by atoms with E-state index < -0.39 is 0 Å². The summed E-state index contributed by atoms with van der Waals surface area (Å²) in [4.78, 5) is 18.4. The predicted molar refractivity (Wildman–Crippen MR) is 95.5 cm³/mol. The third-order valence-corrected chi connectivity index (χ3v) is 6.35. The number of likely N-dealkylation sites (tertiary alicyclic amines) is 1. The van der Waals surface area contributed by atoms with E-state index in [0.29, 0.717) is 24.2 Å². The average molecular weight is 358 g/mol. The van der Waals surface area contributed by atoms with Gasteiger partial charge >= 0.3 is 0 Å². The van der Waals surface area contributed by atoms with Gasteiger partial charge in [-0.2, -0.15) is 0 Å². The lowest BCUT2D eigenvalue weighted by Crippen LogP contribution is -2.60. The molecular weight excluding hydrogens is 339 g/mol. The number of ether oxygens (including phenoxy) is 1. The zero-order valence-electron chi connectivity index (χ0n) is 13.9. The summed E-state index contributed by atoms with van der Waals surface area (Å²) in [5.41, 5.74) is 0.975. The summed E-state index contributed by atoms with van der Waals surface area (Å²) in [5, 5.41) is 0. The minimum absolute atomic E-state index is 0.0752. The minimum Gasteiger partial charge on any atom is -0.488 e. The molecular formula is C19H19FN2O2S. The number of benzene rings is 1. The van der Waals surface area contributed by atoms with Crippen LogP contribution in [0.5, 0.6) is 5.75 Å². The highest BCUT2D eigenvalue weighted by Gasteiger charge is 2.51. The molecule has 3 heterocycles. The molecule has 25 heavy (non-hydrogen) atoms. The molecule has 1 aromatic carbocycles. The number of amides is 1. The van der Waals surface area contributed by atoms with E-state index in [4.69, 9.17) is 4.74 Å². The quantitative estimate of drug-likeness (QED) is 0.844. The molecule has 0 saturated carbocycles. The first-order chi connectivity index (χ1) is 12.0. The van der Waals surface area contributed by atoms with Crippen LogP contribution in [0, 0.1) is 12.7 Å². The minimum atomic E-state index is -0.332. The van der Waals surface area contributed by atoms with E-state index in [2.05, 4.69) is 4.98 Å². The van der Waals surface area contributed by atoms with E-state index >= 15 is 0 Å². The normalized spacial score (nSPS) is 21.2. The summed E-state index contributed by atoms with van der Waals surface area (Å²) >= 11 is 1.87. The Morgan fingerprint density at radius 2 is 2.24 bits per heavy atom. The summed E-state index contributed by atoms with van der Waals surface area (Å²) in [7, 11) is 0. The van der Waals surface area contributed by atoms with Crippen molar-refractivity contribution in [3.8, 4) is 5.75 Å². The number of pyridine rings is 1. The highest BCUT2D eigenvalue weighted by atomic mass is 32.2. The van der Waals surface area contributed by atoms with Crippen molar-refractivity contribution >= 4 is 17.7 Å². The Balaban J connectivity index is 1.35. The van der Waals surface area contributed by atoms with Gasteiger partial charge in [0.15, 0.2) is 0 Å². The molecule has 4 rings (SSSR count). The number of nitrogens with zero attached hydrogens (tertiary/aromatic N) is 2. The number of carbonyl (C=O) groups excluding carboxylic acids is 1. The van der Waals surface area contributed by atoms with Crippen molar-refractivity contribution in [2.75, 3.05) is 18.8 Å². The van der Waals surface area contributed by atoms with E-state index in [-0.39, 0.29) is 22.6 Å². The molecule has 130 valence electrons. The smallest absolute Gasteiger partial charge is 0.254 e. The third kappa shape index (κ3) is 3.23. The Bertz CT molecular complexity index is 793. The number of halogens is 1. The maximum Gasteiger partial charge on any atom is 0.254 e. The van der Waals surface area contributed by atoms with E-state index in [1.807, 2.05) is 23.9 Å². The Labute approximate surface area is 150 Å². The van der Waals surface area contributed by atoms with Gasteiger partial charge in [0.2, 0.25) is 0 Å². The average Bonchev–Trinajstić information content (AvgIpc) is 3.00. The molecule has 2 aliphatic heterocycles. The van der Waals surface area contributed by atoms with Crippen molar-refractivity contribution in [1.82, 2.24) is 9.88 Å². The molecule has 0 aliphatic carbocycles. The summed E-state index contributed by atoms with van der Waals surface area (Å²) in [6, 6.07) is 8.45. The van der Waals surface area contributed by atoms with Crippen LogP contribution in [-0.2, 0) is 0 Å². The first-order valence-electron chi connectivity index (χ1n) is 8.31. The number of thioether (sulfide) groups is 1. The van der Waals surface area contributed by atoms with Gasteiger partial charge in [-0.15, -0.1) is 11.8 Å². The fourth-order valence-electron chi connectivity index (χ4n) is 3.41. The van der Waals surface area contributed by atoms with Crippen LogP contribution >= 0.6 is 11.8 Å². The monoisotopic (exact) mass is 358 g/mol. The highest BCUT2D eigenvalue weighted by Crippen LogP contribution is 2.46. The lowest BCUT2D eigenvalue weighted by Gasteiger charge is -2.47. The molecule has 0 radical (unpaired) electrons. The van der Waals surface area contributed by atoms with E-state index in [9.17, 15) is 9.18 Å². The van der Waals surface area contributed by atoms with Crippen molar-refractivity contribution in [3.05, 3.63) is 59.7 Å². The van der Waals surface area contributed by atoms with Gasteiger partial charge in [-0.05, 0) is 36.8 Å².